The molecule has 1 aliphatic rings. The van der Waals surface area contributed by atoms with Gasteiger partial charge in [-0.2, -0.15) is 18.3 Å². The van der Waals surface area contributed by atoms with E-state index < -0.39 is 17.3 Å². The number of H-pyrrole nitrogens is 1. The van der Waals surface area contributed by atoms with Crippen LogP contribution in [0.15, 0.2) is 48.8 Å². The van der Waals surface area contributed by atoms with Crippen LogP contribution in [0.2, 0.25) is 5.02 Å². The maximum atomic E-state index is 13.1. The number of nitrogens with zero attached hydrogens (tertiary/aromatic N) is 4. The van der Waals surface area contributed by atoms with E-state index in [9.17, 15) is 13.2 Å². The quantitative estimate of drug-likeness (QED) is 0.483. The highest BCUT2D eigenvalue weighted by Crippen LogP contribution is 2.49. The Morgan fingerprint density at radius 3 is 2.77 bits per heavy atom. The summed E-state index contributed by atoms with van der Waals surface area (Å²) < 4.78 is 41.0. The number of halogens is 4. The first-order chi connectivity index (χ1) is 14.3. The zero-order chi connectivity index (χ0) is 20.9. The summed E-state index contributed by atoms with van der Waals surface area (Å²) in [5.74, 6) is 0. The largest absolute Gasteiger partial charge is 0.416 e. The molecule has 1 saturated carbocycles. The van der Waals surface area contributed by atoms with Gasteiger partial charge in [0.25, 0.3) is 0 Å². The van der Waals surface area contributed by atoms with Crippen molar-refractivity contribution in [3.8, 4) is 5.69 Å². The van der Waals surface area contributed by atoms with Gasteiger partial charge < -0.3 is 5.32 Å². The highest BCUT2D eigenvalue weighted by Gasteiger charge is 2.46. The predicted molar refractivity (Wildman–Crippen MR) is 105 cm³/mol. The van der Waals surface area contributed by atoms with Gasteiger partial charge in [-0.05, 0) is 54.8 Å². The van der Waals surface area contributed by atoms with E-state index >= 15 is 0 Å². The molecule has 1 fully saturated rings. The average Bonchev–Trinajstić information content (AvgIpc) is 3.13. The number of aromatic nitrogens is 5. The normalized spacial score (nSPS) is 15.6. The van der Waals surface area contributed by atoms with E-state index in [4.69, 9.17) is 11.6 Å². The molecule has 0 spiro atoms. The van der Waals surface area contributed by atoms with E-state index in [-0.39, 0.29) is 0 Å². The zero-order valence-electron chi connectivity index (χ0n) is 15.5. The molecule has 0 radical (unpaired) electrons. The van der Waals surface area contributed by atoms with Crippen LogP contribution in [0.5, 0.6) is 0 Å². The summed E-state index contributed by atoms with van der Waals surface area (Å²) in [7, 11) is 0. The molecule has 5 rings (SSSR count). The molecule has 154 valence electrons. The van der Waals surface area contributed by atoms with Crippen LogP contribution in [0, 0.1) is 0 Å². The zero-order valence-corrected chi connectivity index (χ0v) is 16.3. The molecule has 0 saturated heterocycles. The molecule has 0 aliphatic heterocycles. The van der Waals surface area contributed by atoms with Gasteiger partial charge in [0, 0.05) is 22.5 Å². The van der Waals surface area contributed by atoms with Crippen LogP contribution in [-0.2, 0) is 18.3 Å². The molecule has 4 aromatic rings. The highest BCUT2D eigenvalue weighted by molar-refractivity contribution is 6.31. The Bertz CT molecular complexity index is 1220. The molecular weight excluding hydrogens is 417 g/mol. The SMILES string of the molecule is FC(F)(F)c1ccc(Cl)c(C2(NCc3cn(-c4ccc5[nH]ncc5c4)nn3)CC2)c1. The Labute approximate surface area is 174 Å². The number of fused-ring (bicyclic) bond motifs is 1. The summed E-state index contributed by atoms with van der Waals surface area (Å²) in [6.45, 7) is 0.362. The molecule has 0 atom stereocenters. The number of hydrogen-bond donors (Lipinski definition) is 2. The van der Waals surface area contributed by atoms with Crippen LogP contribution in [0.25, 0.3) is 16.6 Å². The molecule has 0 unspecified atom stereocenters. The Balaban J connectivity index is 1.34. The third-order valence-electron chi connectivity index (χ3n) is 5.40. The van der Waals surface area contributed by atoms with Crippen molar-refractivity contribution >= 4 is 22.5 Å². The highest BCUT2D eigenvalue weighted by atomic mass is 35.5. The van der Waals surface area contributed by atoms with Gasteiger partial charge in [0.1, 0.15) is 0 Å². The Morgan fingerprint density at radius 2 is 2.00 bits per heavy atom. The van der Waals surface area contributed by atoms with Gasteiger partial charge in [0.05, 0.1) is 34.9 Å². The molecule has 2 aromatic carbocycles. The Hall–Kier alpha value is -2.91. The smallest absolute Gasteiger partial charge is 0.301 e. The molecule has 2 heterocycles. The molecule has 1 aliphatic carbocycles. The number of rotatable bonds is 5. The van der Waals surface area contributed by atoms with Gasteiger partial charge in [-0.3, -0.25) is 5.10 Å². The monoisotopic (exact) mass is 432 g/mol. The topological polar surface area (TPSA) is 71.4 Å². The van der Waals surface area contributed by atoms with Crippen LogP contribution in [0.1, 0.15) is 29.7 Å². The van der Waals surface area contributed by atoms with Crippen LogP contribution in [0.3, 0.4) is 0 Å². The molecule has 2 aromatic heterocycles. The lowest BCUT2D eigenvalue weighted by Gasteiger charge is -2.20. The van der Waals surface area contributed by atoms with Crippen molar-refractivity contribution in [3.63, 3.8) is 0 Å². The predicted octanol–water partition coefficient (Wildman–Crippen LogP) is 4.59. The van der Waals surface area contributed by atoms with Crippen molar-refractivity contribution in [1.82, 2.24) is 30.5 Å². The number of alkyl halides is 3. The first-order valence-electron chi connectivity index (χ1n) is 9.31. The minimum atomic E-state index is -4.41. The summed E-state index contributed by atoms with van der Waals surface area (Å²) in [5.41, 5.74) is 1.64. The van der Waals surface area contributed by atoms with E-state index in [2.05, 4.69) is 25.8 Å². The first kappa shape index (κ1) is 19.1. The average molecular weight is 433 g/mol. The van der Waals surface area contributed by atoms with Gasteiger partial charge in [-0.1, -0.05) is 16.8 Å². The summed E-state index contributed by atoms with van der Waals surface area (Å²) in [5, 5.41) is 19.8. The summed E-state index contributed by atoms with van der Waals surface area (Å²) in [6, 6.07) is 9.20. The van der Waals surface area contributed by atoms with E-state index in [0.717, 1.165) is 28.7 Å². The van der Waals surface area contributed by atoms with Crippen molar-refractivity contribution in [2.24, 2.45) is 0 Å². The maximum absolute atomic E-state index is 13.1. The lowest BCUT2D eigenvalue weighted by atomic mass is 10.0. The molecule has 2 N–H and O–H groups in total. The van der Waals surface area contributed by atoms with Gasteiger partial charge in [-0.25, -0.2) is 4.68 Å². The van der Waals surface area contributed by atoms with E-state index in [1.807, 2.05) is 18.2 Å². The van der Waals surface area contributed by atoms with Crippen molar-refractivity contribution in [1.29, 1.82) is 0 Å². The van der Waals surface area contributed by atoms with Crippen molar-refractivity contribution < 1.29 is 13.2 Å². The number of nitrogens with one attached hydrogen (secondary N) is 2. The molecule has 10 heteroatoms. The van der Waals surface area contributed by atoms with Crippen molar-refractivity contribution in [2.45, 2.75) is 31.1 Å². The molecule has 6 nitrogen and oxygen atoms in total. The third kappa shape index (κ3) is 3.44. The number of aromatic amines is 1. The molecular formula is C20H16ClF3N6. The Morgan fingerprint density at radius 1 is 1.17 bits per heavy atom. The van der Waals surface area contributed by atoms with Gasteiger partial charge in [0.2, 0.25) is 0 Å². The molecule has 0 amide bonds. The third-order valence-corrected chi connectivity index (χ3v) is 5.73. The minimum absolute atomic E-state index is 0.324. The summed E-state index contributed by atoms with van der Waals surface area (Å²) >= 11 is 6.23. The molecule has 30 heavy (non-hydrogen) atoms. The summed E-state index contributed by atoms with van der Waals surface area (Å²) in [4.78, 5) is 0. The lowest BCUT2D eigenvalue weighted by molar-refractivity contribution is -0.137. The number of hydrogen-bond acceptors (Lipinski definition) is 4. The first-order valence-corrected chi connectivity index (χ1v) is 9.69. The van der Waals surface area contributed by atoms with Crippen molar-refractivity contribution in [2.75, 3.05) is 0 Å². The summed E-state index contributed by atoms with van der Waals surface area (Å²) in [6.07, 6.45) is 0.527. The second-order valence-electron chi connectivity index (χ2n) is 7.42. The van der Waals surface area contributed by atoms with Crippen LogP contribution < -0.4 is 5.32 Å². The maximum Gasteiger partial charge on any atom is 0.416 e. The van der Waals surface area contributed by atoms with Crippen LogP contribution in [-0.4, -0.2) is 25.2 Å². The second kappa shape index (κ2) is 6.82. The minimum Gasteiger partial charge on any atom is -0.301 e. The van der Waals surface area contributed by atoms with Gasteiger partial charge >= 0.3 is 6.18 Å². The fourth-order valence-electron chi connectivity index (χ4n) is 3.57. The standard InChI is InChI=1S/C20H16ClF3N6/c21-17-3-1-13(20(22,23)24)8-16(17)19(5-6-19)25-10-14-11-30(29-27-14)15-2-4-18-12(7-15)9-26-28-18/h1-4,7-9,11,25H,5-6,10H2,(H,26,28). The number of benzene rings is 2. The van der Waals surface area contributed by atoms with Gasteiger partial charge in [-0.15, -0.1) is 5.10 Å². The van der Waals surface area contributed by atoms with Crippen molar-refractivity contribution in [3.05, 3.63) is 70.6 Å². The fourth-order valence-corrected chi connectivity index (χ4v) is 3.87. The second-order valence-corrected chi connectivity index (χ2v) is 7.83. The fraction of sp³-hybridized carbons (Fsp3) is 0.250. The van der Waals surface area contributed by atoms with Gasteiger partial charge in [0.15, 0.2) is 0 Å². The lowest BCUT2D eigenvalue weighted by Crippen LogP contribution is -2.29. The van der Waals surface area contributed by atoms with E-state index in [1.165, 1.54) is 6.07 Å². The van der Waals surface area contributed by atoms with E-state index in [1.54, 1.807) is 17.1 Å². The van der Waals surface area contributed by atoms with E-state index in [0.29, 0.717) is 35.7 Å². The Kier molecular flexibility index (Phi) is 4.33. The van der Waals surface area contributed by atoms with Crippen LogP contribution in [0.4, 0.5) is 13.2 Å². The molecule has 0 bridgehead atoms. The van der Waals surface area contributed by atoms with Crippen LogP contribution >= 0.6 is 11.6 Å².